The Balaban J connectivity index is 1.84. The van der Waals surface area contributed by atoms with Gasteiger partial charge in [-0.15, -0.1) is 0 Å². The first-order valence-corrected chi connectivity index (χ1v) is 6.88. The van der Waals surface area contributed by atoms with Gasteiger partial charge in [0.15, 0.2) is 0 Å². The molecule has 6 nitrogen and oxygen atoms in total. The van der Waals surface area contributed by atoms with Crippen molar-refractivity contribution in [1.82, 2.24) is 5.06 Å². The molecule has 1 fully saturated rings. The molecule has 2 aliphatic rings. The van der Waals surface area contributed by atoms with E-state index < -0.39 is 18.1 Å². The second-order valence-corrected chi connectivity index (χ2v) is 5.12. The molecule has 2 aliphatic heterocycles. The highest BCUT2D eigenvalue weighted by atomic mass is 16.6. The van der Waals surface area contributed by atoms with Gasteiger partial charge in [-0.2, -0.15) is 5.06 Å². The van der Waals surface area contributed by atoms with E-state index in [1.165, 1.54) is 0 Å². The first kappa shape index (κ1) is 14.1. The Kier molecular flexibility index (Phi) is 3.92. The maximum absolute atomic E-state index is 12.2. The first-order valence-electron chi connectivity index (χ1n) is 6.88. The molecule has 0 saturated carbocycles. The number of esters is 1. The fourth-order valence-corrected chi connectivity index (χ4v) is 2.65. The van der Waals surface area contributed by atoms with Crippen LogP contribution in [0.1, 0.15) is 18.1 Å². The van der Waals surface area contributed by atoms with Gasteiger partial charge in [-0.25, -0.2) is 4.79 Å². The highest BCUT2D eigenvalue weighted by molar-refractivity contribution is 5.91. The predicted octanol–water partition coefficient (Wildman–Crippen LogP) is 1.58. The predicted molar refractivity (Wildman–Crippen MR) is 72.6 cm³/mol. The second kappa shape index (κ2) is 5.85. The molecule has 2 heterocycles. The minimum Gasteiger partial charge on any atom is -0.512 e. The van der Waals surface area contributed by atoms with Crippen LogP contribution >= 0.6 is 0 Å². The van der Waals surface area contributed by atoms with E-state index in [-0.39, 0.29) is 30.9 Å². The van der Waals surface area contributed by atoms with Gasteiger partial charge in [0.1, 0.15) is 11.9 Å². The summed E-state index contributed by atoms with van der Waals surface area (Å²) < 4.78 is 10.7. The molecule has 21 heavy (non-hydrogen) atoms. The van der Waals surface area contributed by atoms with Crippen LogP contribution in [-0.2, 0) is 14.3 Å². The van der Waals surface area contributed by atoms with E-state index in [9.17, 15) is 15.1 Å². The van der Waals surface area contributed by atoms with Crippen LogP contribution in [0, 0.1) is 0 Å². The van der Waals surface area contributed by atoms with E-state index in [0.29, 0.717) is 6.61 Å². The molecule has 2 unspecified atom stereocenters. The van der Waals surface area contributed by atoms with Gasteiger partial charge >= 0.3 is 5.97 Å². The van der Waals surface area contributed by atoms with Crippen LogP contribution in [-0.4, -0.2) is 47.1 Å². The molecule has 6 heteroatoms. The average Bonchev–Trinajstić information content (AvgIpc) is 2.49. The summed E-state index contributed by atoms with van der Waals surface area (Å²) in [6.45, 7) is 0.834. The Bertz CT molecular complexity index is 556. The molecule has 3 rings (SSSR count). The number of carbonyl (C=O) groups is 1. The second-order valence-electron chi connectivity index (χ2n) is 5.12. The highest BCUT2D eigenvalue weighted by Crippen LogP contribution is 2.33. The number of benzene rings is 1. The number of hydroxylamine groups is 2. The number of hydrogen-bond donors (Lipinski definition) is 2. The van der Waals surface area contributed by atoms with Crippen LogP contribution in [0.3, 0.4) is 0 Å². The lowest BCUT2D eigenvalue weighted by Crippen LogP contribution is -2.47. The normalized spacial score (nSPS) is 27.6. The van der Waals surface area contributed by atoms with Crippen molar-refractivity contribution in [2.45, 2.75) is 18.6 Å². The molecule has 0 amide bonds. The minimum atomic E-state index is -0.678. The molecule has 0 aromatic heterocycles. The topological polar surface area (TPSA) is 79.2 Å². The summed E-state index contributed by atoms with van der Waals surface area (Å²) in [5.41, 5.74) is 0.918. The van der Waals surface area contributed by atoms with Crippen molar-refractivity contribution in [3.8, 4) is 0 Å². The van der Waals surface area contributed by atoms with E-state index in [4.69, 9.17) is 9.47 Å². The van der Waals surface area contributed by atoms with Crippen molar-refractivity contribution >= 4 is 5.97 Å². The summed E-state index contributed by atoms with van der Waals surface area (Å²) in [6, 6.07) is 8.59. The maximum Gasteiger partial charge on any atom is 0.339 e. The summed E-state index contributed by atoms with van der Waals surface area (Å²) in [7, 11) is 0. The number of hydrogen-bond acceptors (Lipinski definition) is 6. The fraction of sp³-hybridized carbons (Fsp3) is 0.400. The van der Waals surface area contributed by atoms with Gasteiger partial charge in [0.2, 0.25) is 0 Å². The van der Waals surface area contributed by atoms with E-state index in [1.807, 2.05) is 30.3 Å². The quantitative estimate of drug-likeness (QED) is 0.805. The molecular weight excluding hydrogens is 274 g/mol. The number of cyclic esters (lactones) is 1. The Morgan fingerprint density at radius 1 is 1.24 bits per heavy atom. The molecule has 0 aliphatic carbocycles. The van der Waals surface area contributed by atoms with Gasteiger partial charge < -0.3 is 19.8 Å². The van der Waals surface area contributed by atoms with Crippen LogP contribution < -0.4 is 0 Å². The number of morpholine rings is 1. The number of rotatable bonds is 2. The molecular formula is C15H17NO5. The number of ether oxygens (including phenoxy) is 2. The fourth-order valence-electron chi connectivity index (χ4n) is 2.65. The number of nitrogens with zero attached hydrogens (tertiary/aromatic N) is 1. The zero-order valence-corrected chi connectivity index (χ0v) is 11.4. The number of aliphatic hydroxyl groups is 1. The Morgan fingerprint density at radius 3 is 2.67 bits per heavy atom. The maximum atomic E-state index is 12.2. The first-order chi connectivity index (χ1) is 10.2. The minimum absolute atomic E-state index is 0.0466. The molecule has 1 saturated heterocycles. The molecule has 1 aromatic rings. The standard InChI is InChI=1S/C15H17NO5/c17-12-8-13(10-4-2-1-3-5-10)21-15(18)14(12)11-9-20-7-6-16(11)19/h1-5,11,13,17,19H,6-9H2. The third kappa shape index (κ3) is 2.78. The third-order valence-electron chi connectivity index (χ3n) is 3.76. The summed E-state index contributed by atoms with van der Waals surface area (Å²) in [5.74, 6) is -0.656. The van der Waals surface area contributed by atoms with Gasteiger partial charge in [-0.1, -0.05) is 30.3 Å². The van der Waals surface area contributed by atoms with Crippen molar-refractivity contribution in [3.63, 3.8) is 0 Å². The van der Waals surface area contributed by atoms with Gasteiger partial charge in [0, 0.05) is 13.0 Å². The summed E-state index contributed by atoms with van der Waals surface area (Å²) in [5, 5.41) is 21.1. The largest absolute Gasteiger partial charge is 0.512 e. The number of aliphatic hydroxyl groups excluding tert-OH is 1. The highest BCUT2D eigenvalue weighted by Gasteiger charge is 2.38. The van der Waals surface area contributed by atoms with Gasteiger partial charge in [-0.05, 0) is 5.56 Å². The molecule has 112 valence electrons. The van der Waals surface area contributed by atoms with Crippen molar-refractivity contribution in [3.05, 3.63) is 47.2 Å². The molecule has 2 N–H and O–H groups in total. The average molecular weight is 291 g/mol. The third-order valence-corrected chi connectivity index (χ3v) is 3.76. The molecule has 0 bridgehead atoms. The number of carbonyl (C=O) groups excluding carboxylic acids is 1. The van der Waals surface area contributed by atoms with E-state index in [2.05, 4.69) is 0 Å². The molecule has 2 atom stereocenters. The van der Waals surface area contributed by atoms with Gasteiger partial charge in [-0.3, -0.25) is 0 Å². The molecule has 1 aromatic carbocycles. The van der Waals surface area contributed by atoms with Gasteiger partial charge in [0.05, 0.1) is 24.8 Å². The summed E-state index contributed by atoms with van der Waals surface area (Å²) >= 11 is 0. The summed E-state index contributed by atoms with van der Waals surface area (Å²) in [4.78, 5) is 12.2. The lowest BCUT2D eigenvalue weighted by Gasteiger charge is -2.34. The van der Waals surface area contributed by atoms with Crippen molar-refractivity contribution in [2.75, 3.05) is 19.8 Å². The Labute approximate surface area is 122 Å². The SMILES string of the molecule is O=C1OC(c2ccccc2)CC(O)=C1C1COCCN1O. The van der Waals surface area contributed by atoms with E-state index >= 15 is 0 Å². The van der Waals surface area contributed by atoms with E-state index in [1.54, 1.807) is 0 Å². The molecule has 0 radical (unpaired) electrons. The Hall–Kier alpha value is -1.89. The van der Waals surface area contributed by atoms with Crippen molar-refractivity contribution in [1.29, 1.82) is 0 Å². The van der Waals surface area contributed by atoms with Crippen LogP contribution in [0.15, 0.2) is 41.7 Å². The molecule has 0 spiro atoms. The monoisotopic (exact) mass is 291 g/mol. The summed E-state index contributed by atoms with van der Waals surface area (Å²) in [6.07, 6.45) is -0.297. The van der Waals surface area contributed by atoms with Crippen molar-refractivity contribution in [2.24, 2.45) is 0 Å². The van der Waals surface area contributed by atoms with E-state index in [0.717, 1.165) is 10.6 Å². The lowest BCUT2D eigenvalue weighted by atomic mass is 9.96. The van der Waals surface area contributed by atoms with Gasteiger partial charge in [0.25, 0.3) is 0 Å². The Morgan fingerprint density at radius 2 is 2.00 bits per heavy atom. The smallest absolute Gasteiger partial charge is 0.339 e. The zero-order valence-electron chi connectivity index (χ0n) is 11.4. The van der Waals surface area contributed by atoms with Crippen molar-refractivity contribution < 1.29 is 24.6 Å². The van der Waals surface area contributed by atoms with Crippen LogP contribution in [0.25, 0.3) is 0 Å². The zero-order chi connectivity index (χ0) is 14.8. The van der Waals surface area contributed by atoms with Crippen LogP contribution in [0.4, 0.5) is 0 Å². The van der Waals surface area contributed by atoms with Crippen LogP contribution in [0.5, 0.6) is 0 Å². The lowest BCUT2D eigenvalue weighted by molar-refractivity contribution is -0.179. The van der Waals surface area contributed by atoms with Crippen LogP contribution in [0.2, 0.25) is 0 Å².